The summed E-state index contributed by atoms with van der Waals surface area (Å²) in [6.07, 6.45) is -4.46. The van der Waals surface area contributed by atoms with E-state index >= 15 is 0 Å². The summed E-state index contributed by atoms with van der Waals surface area (Å²) in [6, 6.07) is 5.42. The Hall–Kier alpha value is -1.60. The Morgan fingerprint density at radius 3 is 2.09 bits per heavy atom. The highest BCUT2D eigenvalue weighted by atomic mass is 79.9. The third kappa shape index (κ3) is 3.84. The molecule has 0 spiro atoms. The minimum atomic E-state index is -4.46. The standard InChI is InChI=1S/C16H9Br2F3O2/c1-8-9(2)14(13(18)7-12(8)17)23-15(22)10-3-5-11(6-4-10)16(19,20)21/h3-7H,1-2H2. The Morgan fingerprint density at radius 1 is 1.00 bits per heavy atom. The average Bonchev–Trinajstić information content (AvgIpc) is 2.48. The average molecular weight is 450 g/mol. The fraction of sp³-hybridized carbons (Fsp3) is 0.0625. The van der Waals surface area contributed by atoms with Gasteiger partial charge in [-0.05, 0) is 51.5 Å². The molecule has 0 radical (unpaired) electrons. The second-order valence-corrected chi connectivity index (χ2v) is 6.30. The van der Waals surface area contributed by atoms with E-state index in [1.807, 2.05) is 0 Å². The van der Waals surface area contributed by atoms with Gasteiger partial charge in [-0.2, -0.15) is 13.2 Å². The molecule has 0 bridgehead atoms. The summed E-state index contributed by atoms with van der Waals surface area (Å²) in [4.78, 5) is 12.1. The van der Waals surface area contributed by atoms with Gasteiger partial charge < -0.3 is 4.74 Å². The van der Waals surface area contributed by atoms with Crippen molar-refractivity contribution in [2.24, 2.45) is 0 Å². The van der Waals surface area contributed by atoms with Gasteiger partial charge in [-0.25, -0.2) is 4.79 Å². The first kappa shape index (κ1) is 17.7. The predicted molar refractivity (Wildman–Crippen MR) is 88.5 cm³/mol. The number of benzene rings is 2. The molecule has 120 valence electrons. The van der Waals surface area contributed by atoms with Crippen LogP contribution in [-0.4, -0.2) is 5.97 Å². The van der Waals surface area contributed by atoms with Crippen LogP contribution in [0.25, 0.3) is 13.2 Å². The molecule has 0 saturated carbocycles. The van der Waals surface area contributed by atoms with Crippen LogP contribution in [0.4, 0.5) is 13.2 Å². The molecule has 0 aliphatic heterocycles. The molecule has 0 atom stereocenters. The van der Waals surface area contributed by atoms with Gasteiger partial charge in [0, 0.05) is 9.69 Å². The number of esters is 1. The number of hydrogen-bond donors (Lipinski definition) is 0. The van der Waals surface area contributed by atoms with Gasteiger partial charge >= 0.3 is 12.1 Å². The minimum Gasteiger partial charge on any atom is -0.421 e. The van der Waals surface area contributed by atoms with E-state index in [1.165, 1.54) is 0 Å². The summed E-state index contributed by atoms with van der Waals surface area (Å²) in [5.41, 5.74) is -0.838. The zero-order valence-corrected chi connectivity index (χ0v) is 14.7. The summed E-state index contributed by atoms with van der Waals surface area (Å²) < 4.78 is 43.9. The Bertz CT molecular complexity index is 859. The normalized spacial score (nSPS) is 11.3. The zero-order valence-electron chi connectivity index (χ0n) is 11.5. The first-order chi connectivity index (χ1) is 10.6. The highest BCUT2D eigenvalue weighted by molar-refractivity contribution is 9.11. The van der Waals surface area contributed by atoms with Gasteiger partial charge in [-0.3, -0.25) is 0 Å². The fourth-order valence-electron chi connectivity index (χ4n) is 1.75. The van der Waals surface area contributed by atoms with Crippen LogP contribution in [0.5, 0.6) is 5.75 Å². The molecule has 2 aromatic rings. The SMILES string of the molecule is C=c1c(Br)cc(Br)c(OC(=O)c2ccc(C(F)(F)F)cc2)c1=C. The molecule has 0 heterocycles. The van der Waals surface area contributed by atoms with E-state index in [-0.39, 0.29) is 11.3 Å². The van der Waals surface area contributed by atoms with Gasteiger partial charge in [0.05, 0.1) is 15.6 Å². The van der Waals surface area contributed by atoms with E-state index in [0.717, 1.165) is 24.3 Å². The lowest BCUT2D eigenvalue weighted by Gasteiger charge is -2.10. The van der Waals surface area contributed by atoms with E-state index in [9.17, 15) is 18.0 Å². The molecular weight excluding hydrogens is 441 g/mol. The third-order valence-corrected chi connectivity index (χ3v) is 4.34. The molecule has 0 N–H and O–H groups in total. The number of rotatable bonds is 2. The van der Waals surface area contributed by atoms with Crippen molar-refractivity contribution < 1.29 is 22.7 Å². The molecular formula is C16H9Br2F3O2. The largest absolute Gasteiger partial charge is 0.421 e. The monoisotopic (exact) mass is 448 g/mol. The lowest BCUT2D eigenvalue weighted by atomic mass is 10.1. The van der Waals surface area contributed by atoms with Crippen molar-refractivity contribution in [1.82, 2.24) is 0 Å². The lowest BCUT2D eigenvalue weighted by Crippen LogP contribution is -2.27. The lowest BCUT2D eigenvalue weighted by molar-refractivity contribution is -0.137. The number of ether oxygens (including phenoxy) is 1. The first-order valence-electron chi connectivity index (χ1n) is 6.16. The van der Waals surface area contributed by atoms with Crippen LogP contribution >= 0.6 is 31.9 Å². The molecule has 7 heteroatoms. The maximum Gasteiger partial charge on any atom is 0.416 e. The number of carbonyl (C=O) groups is 1. The number of halogens is 5. The van der Waals surface area contributed by atoms with Crippen LogP contribution in [0.15, 0.2) is 39.3 Å². The highest BCUT2D eigenvalue weighted by Gasteiger charge is 2.30. The maximum atomic E-state index is 12.5. The molecule has 0 aliphatic carbocycles. The molecule has 23 heavy (non-hydrogen) atoms. The minimum absolute atomic E-state index is 0.00201. The summed E-state index contributed by atoms with van der Waals surface area (Å²) >= 11 is 6.54. The third-order valence-electron chi connectivity index (χ3n) is 3.04. The number of hydrogen-bond acceptors (Lipinski definition) is 2. The summed E-state index contributed by atoms with van der Waals surface area (Å²) in [5, 5.41) is 0.940. The molecule has 0 aliphatic rings. The van der Waals surface area contributed by atoms with E-state index in [1.54, 1.807) is 6.07 Å². The molecule has 2 rings (SSSR count). The van der Waals surface area contributed by atoms with Crippen molar-refractivity contribution in [3.8, 4) is 5.75 Å². The predicted octanol–water partition coefficient (Wildman–Crippen LogP) is 4.27. The van der Waals surface area contributed by atoms with Crippen LogP contribution in [0, 0.1) is 0 Å². The van der Waals surface area contributed by atoms with Gasteiger partial charge in [0.15, 0.2) is 5.75 Å². The van der Waals surface area contributed by atoms with Crippen molar-refractivity contribution >= 4 is 51.0 Å². The quantitative estimate of drug-likeness (QED) is 0.505. The second-order valence-electron chi connectivity index (χ2n) is 4.59. The summed E-state index contributed by atoms with van der Waals surface area (Å²) in [5.74, 6) is -0.617. The number of alkyl halides is 3. The van der Waals surface area contributed by atoms with Gasteiger partial charge in [-0.1, -0.05) is 29.1 Å². The molecule has 0 unspecified atom stereocenters. The Labute approximate surface area is 146 Å². The molecule has 2 nitrogen and oxygen atoms in total. The molecule has 2 aromatic carbocycles. The van der Waals surface area contributed by atoms with E-state index < -0.39 is 17.7 Å². The van der Waals surface area contributed by atoms with Crippen molar-refractivity contribution in [2.75, 3.05) is 0 Å². The Morgan fingerprint density at radius 2 is 1.57 bits per heavy atom. The Balaban J connectivity index is 2.32. The van der Waals surface area contributed by atoms with E-state index in [4.69, 9.17) is 4.74 Å². The van der Waals surface area contributed by atoms with Crippen molar-refractivity contribution in [3.05, 3.63) is 60.8 Å². The Kier molecular flexibility index (Phi) is 5.01. The van der Waals surface area contributed by atoms with Crippen LogP contribution in [0.3, 0.4) is 0 Å². The topological polar surface area (TPSA) is 26.3 Å². The van der Waals surface area contributed by atoms with E-state index in [2.05, 4.69) is 45.0 Å². The van der Waals surface area contributed by atoms with Gasteiger partial charge in [0.1, 0.15) is 0 Å². The van der Waals surface area contributed by atoms with E-state index in [0.29, 0.717) is 19.4 Å². The van der Waals surface area contributed by atoms with Crippen molar-refractivity contribution in [2.45, 2.75) is 6.18 Å². The van der Waals surface area contributed by atoms with Gasteiger partial charge in [0.2, 0.25) is 0 Å². The number of carbonyl (C=O) groups excluding carboxylic acids is 1. The second kappa shape index (κ2) is 6.49. The summed E-state index contributed by atoms with van der Waals surface area (Å²) in [6.45, 7) is 7.58. The van der Waals surface area contributed by atoms with Crippen LogP contribution in [-0.2, 0) is 6.18 Å². The maximum absolute atomic E-state index is 12.5. The van der Waals surface area contributed by atoms with Crippen molar-refractivity contribution in [1.29, 1.82) is 0 Å². The summed E-state index contributed by atoms with van der Waals surface area (Å²) in [7, 11) is 0. The van der Waals surface area contributed by atoms with Crippen LogP contribution in [0.1, 0.15) is 15.9 Å². The highest BCUT2D eigenvalue weighted by Crippen LogP contribution is 2.29. The fourth-order valence-corrected chi connectivity index (χ4v) is 3.07. The van der Waals surface area contributed by atoms with Gasteiger partial charge in [0.25, 0.3) is 0 Å². The molecule has 0 aromatic heterocycles. The zero-order chi connectivity index (χ0) is 17.4. The smallest absolute Gasteiger partial charge is 0.416 e. The van der Waals surface area contributed by atoms with Crippen molar-refractivity contribution in [3.63, 3.8) is 0 Å². The molecule has 0 fully saturated rings. The molecule has 0 saturated heterocycles. The van der Waals surface area contributed by atoms with Crippen LogP contribution in [0.2, 0.25) is 0 Å². The molecule has 0 amide bonds. The first-order valence-corrected chi connectivity index (χ1v) is 7.75. The van der Waals surface area contributed by atoms with Crippen LogP contribution < -0.4 is 15.2 Å². The van der Waals surface area contributed by atoms with Gasteiger partial charge in [-0.15, -0.1) is 0 Å².